The lowest BCUT2D eigenvalue weighted by Crippen LogP contribution is -2.21. The molecule has 3 aromatic rings. The van der Waals surface area contributed by atoms with Crippen molar-refractivity contribution in [2.75, 3.05) is 0 Å². The summed E-state index contributed by atoms with van der Waals surface area (Å²) in [4.78, 5) is 4.33. The third-order valence-corrected chi connectivity index (χ3v) is 3.00. The summed E-state index contributed by atoms with van der Waals surface area (Å²) in [5, 5.41) is 12.5. The van der Waals surface area contributed by atoms with Crippen molar-refractivity contribution in [3.8, 4) is 11.5 Å². The summed E-state index contributed by atoms with van der Waals surface area (Å²) < 4.78 is 5.72. The smallest absolute Gasteiger partial charge is 0.248 e. The van der Waals surface area contributed by atoms with E-state index in [-0.39, 0.29) is 0 Å². The van der Waals surface area contributed by atoms with Crippen LogP contribution in [0.3, 0.4) is 0 Å². The third kappa shape index (κ3) is 2.53. The number of aromatic nitrogens is 3. The molecule has 0 saturated carbocycles. The zero-order valence-electron chi connectivity index (χ0n) is 11.5. The molecule has 0 unspecified atom stereocenters. The highest BCUT2D eigenvalue weighted by Gasteiger charge is 2.11. The maximum absolute atomic E-state index is 5.72. The van der Waals surface area contributed by atoms with Gasteiger partial charge in [0.25, 0.3) is 0 Å². The Hall–Kier alpha value is -2.27. The second-order valence-electron chi connectivity index (χ2n) is 4.91. The number of nitrogens with one attached hydrogen (secondary N) is 1. The maximum Gasteiger partial charge on any atom is 0.248 e. The minimum Gasteiger partial charge on any atom is -0.419 e. The summed E-state index contributed by atoms with van der Waals surface area (Å²) in [5.74, 6) is 1.12. The van der Waals surface area contributed by atoms with Crippen LogP contribution in [0.15, 0.2) is 40.9 Å². The molecule has 2 aromatic heterocycles. The molecular formula is C15H16N4O. The molecule has 2 heterocycles. The lowest BCUT2D eigenvalue weighted by molar-refractivity contribution is 0.459. The topological polar surface area (TPSA) is 63.8 Å². The molecule has 0 radical (unpaired) electrons. The minimum atomic E-state index is 0.382. The molecule has 0 aliphatic heterocycles. The molecule has 0 fully saturated rings. The number of hydrogen-bond acceptors (Lipinski definition) is 5. The van der Waals surface area contributed by atoms with Crippen molar-refractivity contribution in [2.24, 2.45) is 0 Å². The number of hydrogen-bond donors (Lipinski definition) is 1. The van der Waals surface area contributed by atoms with E-state index in [0.717, 1.165) is 16.5 Å². The molecule has 20 heavy (non-hydrogen) atoms. The van der Waals surface area contributed by atoms with Gasteiger partial charge in [0.15, 0.2) is 0 Å². The number of rotatable bonds is 4. The van der Waals surface area contributed by atoms with Gasteiger partial charge in [0.05, 0.1) is 12.1 Å². The van der Waals surface area contributed by atoms with Crippen LogP contribution >= 0.6 is 0 Å². The Morgan fingerprint density at radius 3 is 2.90 bits per heavy atom. The van der Waals surface area contributed by atoms with Crippen molar-refractivity contribution < 1.29 is 4.42 Å². The van der Waals surface area contributed by atoms with Crippen LogP contribution in [0.5, 0.6) is 0 Å². The van der Waals surface area contributed by atoms with Gasteiger partial charge in [-0.25, -0.2) is 0 Å². The van der Waals surface area contributed by atoms with E-state index in [1.165, 1.54) is 0 Å². The van der Waals surface area contributed by atoms with Crippen molar-refractivity contribution in [3.05, 3.63) is 42.4 Å². The van der Waals surface area contributed by atoms with Gasteiger partial charge in [0, 0.05) is 23.2 Å². The lowest BCUT2D eigenvalue weighted by atomic mass is 10.1. The van der Waals surface area contributed by atoms with E-state index in [4.69, 9.17) is 4.42 Å². The summed E-state index contributed by atoms with van der Waals surface area (Å²) >= 11 is 0. The van der Waals surface area contributed by atoms with Gasteiger partial charge in [0.1, 0.15) is 0 Å². The summed E-state index contributed by atoms with van der Waals surface area (Å²) in [5.41, 5.74) is 1.84. The Morgan fingerprint density at radius 1 is 1.15 bits per heavy atom. The Morgan fingerprint density at radius 2 is 2.05 bits per heavy atom. The van der Waals surface area contributed by atoms with Crippen molar-refractivity contribution in [1.82, 2.24) is 20.5 Å². The zero-order chi connectivity index (χ0) is 13.9. The van der Waals surface area contributed by atoms with Crippen LogP contribution in [-0.4, -0.2) is 21.2 Å². The fourth-order valence-corrected chi connectivity index (χ4v) is 2.02. The fourth-order valence-electron chi connectivity index (χ4n) is 2.02. The SMILES string of the molecule is CC(C)NCc1nnc(-c2cccc3ncccc23)o1. The van der Waals surface area contributed by atoms with E-state index in [1.54, 1.807) is 6.20 Å². The van der Waals surface area contributed by atoms with Crippen molar-refractivity contribution >= 4 is 10.9 Å². The molecule has 3 rings (SSSR count). The van der Waals surface area contributed by atoms with Crippen LogP contribution in [0.1, 0.15) is 19.7 Å². The summed E-state index contributed by atoms with van der Waals surface area (Å²) in [6.45, 7) is 4.73. The van der Waals surface area contributed by atoms with E-state index in [2.05, 4.69) is 34.3 Å². The van der Waals surface area contributed by atoms with E-state index < -0.39 is 0 Å². The maximum atomic E-state index is 5.72. The van der Waals surface area contributed by atoms with Gasteiger partial charge in [-0.05, 0) is 18.2 Å². The number of benzene rings is 1. The molecule has 5 nitrogen and oxygen atoms in total. The first-order valence-electron chi connectivity index (χ1n) is 6.64. The number of nitrogens with zero attached hydrogens (tertiary/aromatic N) is 3. The highest BCUT2D eigenvalue weighted by molar-refractivity contribution is 5.92. The van der Waals surface area contributed by atoms with E-state index in [9.17, 15) is 0 Å². The van der Waals surface area contributed by atoms with E-state index >= 15 is 0 Å². The molecule has 5 heteroatoms. The van der Waals surface area contributed by atoms with Gasteiger partial charge in [-0.1, -0.05) is 26.0 Å². The predicted octanol–water partition coefficient (Wildman–Crippen LogP) is 2.78. The fraction of sp³-hybridized carbons (Fsp3) is 0.267. The van der Waals surface area contributed by atoms with Gasteiger partial charge in [-0.3, -0.25) is 4.98 Å². The monoisotopic (exact) mass is 268 g/mol. The third-order valence-electron chi connectivity index (χ3n) is 3.00. The van der Waals surface area contributed by atoms with Crippen LogP contribution in [0.25, 0.3) is 22.4 Å². The molecule has 0 bridgehead atoms. The molecule has 0 atom stereocenters. The first kappa shape index (κ1) is 12.7. The number of fused-ring (bicyclic) bond motifs is 1. The minimum absolute atomic E-state index is 0.382. The molecule has 0 aliphatic carbocycles. The predicted molar refractivity (Wildman–Crippen MR) is 77.0 cm³/mol. The van der Waals surface area contributed by atoms with Crippen molar-refractivity contribution in [1.29, 1.82) is 0 Å². The van der Waals surface area contributed by atoms with E-state index in [1.807, 2.05) is 30.3 Å². The second kappa shape index (κ2) is 5.38. The van der Waals surface area contributed by atoms with Crippen molar-refractivity contribution in [3.63, 3.8) is 0 Å². The van der Waals surface area contributed by atoms with Gasteiger partial charge in [-0.2, -0.15) is 0 Å². The molecule has 0 saturated heterocycles. The Bertz CT molecular complexity index is 715. The molecule has 0 aliphatic rings. The average molecular weight is 268 g/mol. The van der Waals surface area contributed by atoms with Crippen LogP contribution in [0.2, 0.25) is 0 Å². The highest BCUT2D eigenvalue weighted by Crippen LogP contribution is 2.26. The first-order valence-corrected chi connectivity index (χ1v) is 6.64. The zero-order valence-corrected chi connectivity index (χ0v) is 11.5. The Balaban J connectivity index is 1.95. The molecule has 1 N–H and O–H groups in total. The van der Waals surface area contributed by atoms with Crippen LogP contribution in [0, 0.1) is 0 Å². The van der Waals surface area contributed by atoms with Crippen LogP contribution in [0.4, 0.5) is 0 Å². The molecule has 102 valence electrons. The summed E-state index contributed by atoms with van der Waals surface area (Å²) in [7, 11) is 0. The average Bonchev–Trinajstić information content (AvgIpc) is 2.93. The highest BCUT2D eigenvalue weighted by atomic mass is 16.4. The first-order chi connectivity index (χ1) is 9.74. The normalized spacial score (nSPS) is 11.3. The van der Waals surface area contributed by atoms with Crippen molar-refractivity contribution in [2.45, 2.75) is 26.4 Å². The molecular weight excluding hydrogens is 252 g/mol. The van der Waals surface area contributed by atoms with Gasteiger partial charge in [-0.15, -0.1) is 10.2 Å². The second-order valence-corrected chi connectivity index (χ2v) is 4.91. The lowest BCUT2D eigenvalue weighted by Gasteiger charge is -2.03. The number of pyridine rings is 1. The quantitative estimate of drug-likeness (QED) is 0.788. The largest absolute Gasteiger partial charge is 0.419 e. The molecule has 0 spiro atoms. The Labute approximate surface area is 117 Å². The molecule has 0 amide bonds. The van der Waals surface area contributed by atoms with E-state index in [0.29, 0.717) is 24.4 Å². The Kier molecular flexibility index (Phi) is 3.43. The standard InChI is InChI=1S/C15H16N4O/c1-10(2)17-9-14-18-19-15(20-14)12-5-3-7-13-11(12)6-4-8-16-13/h3-8,10,17H,9H2,1-2H3. The van der Waals surface area contributed by atoms with Gasteiger partial charge < -0.3 is 9.73 Å². The van der Waals surface area contributed by atoms with Crippen LogP contribution < -0.4 is 5.32 Å². The summed E-state index contributed by atoms with van der Waals surface area (Å²) in [6, 6.07) is 10.2. The van der Waals surface area contributed by atoms with Gasteiger partial charge >= 0.3 is 0 Å². The van der Waals surface area contributed by atoms with Crippen LogP contribution in [-0.2, 0) is 6.54 Å². The van der Waals surface area contributed by atoms with Gasteiger partial charge in [0.2, 0.25) is 11.8 Å². The molecule has 1 aromatic carbocycles. The summed E-state index contributed by atoms with van der Waals surface area (Å²) in [6.07, 6.45) is 1.78.